The number of nitrogens with zero attached hydrogens (tertiary/aromatic N) is 3. The molecular weight excluding hydrogens is 456 g/mol. The van der Waals surface area contributed by atoms with Crippen molar-refractivity contribution in [3.8, 4) is 34.1 Å². The molecule has 3 aromatic heterocycles. The number of methoxy groups -OCH3 is 1. The fraction of sp³-hybridized carbons (Fsp3) is 0.185. The molecule has 2 aromatic carbocycles. The Kier molecular flexibility index (Phi) is 5.89. The van der Waals surface area contributed by atoms with Crippen LogP contribution in [-0.2, 0) is 0 Å². The van der Waals surface area contributed by atoms with Gasteiger partial charge in [-0.3, -0.25) is 9.89 Å². The summed E-state index contributed by atoms with van der Waals surface area (Å²) in [6.07, 6.45) is 1.66. The van der Waals surface area contributed by atoms with Gasteiger partial charge in [0.2, 0.25) is 5.88 Å². The van der Waals surface area contributed by atoms with Gasteiger partial charge in [-0.1, -0.05) is 6.07 Å². The maximum Gasteiger partial charge on any atom is 0.251 e. The van der Waals surface area contributed by atoms with Gasteiger partial charge in [0.15, 0.2) is 0 Å². The first-order valence-corrected chi connectivity index (χ1v) is 11.5. The average Bonchev–Trinajstić information content (AvgIpc) is 3.46. The van der Waals surface area contributed by atoms with Gasteiger partial charge in [-0.25, -0.2) is 9.97 Å². The molecule has 1 amide bonds. The number of aryl methyl sites for hydroxylation is 2. The Morgan fingerprint density at radius 3 is 2.69 bits per heavy atom. The van der Waals surface area contributed by atoms with E-state index in [4.69, 9.17) is 4.74 Å². The minimum absolute atomic E-state index is 0.0818. The number of rotatable bonds is 6. The van der Waals surface area contributed by atoms with Crippen molar-refractivity contribution in [1.82, 2.24) is 30.5 Å². The molecule has 0 fully saturated rings. The molecule has 0 aliphatic heterocycles. The molecule has 5 aromatic rings. The van der Waals surface area contributed by atoms with E-state index in [1.807, 2.05) is 45.0 Å². The van der Waals surface area contributed by atoms with Crippen molar-refractivity contribution < 1.29 is 14.6 Å². The SMILES string of the molecule is COc1ncccc1-c1ccc(O)c(-c2nc3cc(C(=O)NC(C)c4c(C)n[nH]c4C)ccc3[nH]2)c1. The number of carbonyl (C=O) groups excluding carboxylic acids is 1. The molecule has 0 saturated heterocycles. The predicted octanol–water partition coefficient (Wildman–Crippen LogP) is 4.84. The van der Waals surface area contributed by atoms with Gasteiger partial charge in [-0.15, -0.1) is 0 Å². The maximum atomic E-state index is 13.0. The minimum Gasteiger partial charge on any atom is -0.507 e. The van der Waals surface area contributed by atoms with Gasteiger partial charge in [0, 0.05) is 28.6 Å². The van der Waals surface area contributed by atoms with Gasteiger partial charge in [0.1, 0.15) is 11.6 Å². The molecule has 4 N–H and O–H groups in total. The van der Waals surface area contributed by atoms with Crippen LogP contribution < -0.4 is 10.1 Å². The van der Waals surface area contributed by atoms with Crippen LogP contribution in [0.3, 0.4) is 0 Å². The van der Waals surface area contributed by atoms with Crippen molar-refractivity contribution >= 4 is 16.9 Å². The van der Waals surface area contributed by atoms with E-state index >= 15 is 0 Å². The zero-order valence-electron chi connectivity index (χ0n) is 20.4. The standard InChI is InChI=1S/C27H26N6O3/c1-14(24-15(2)32-33-16(24)3)29-26(35)18-7-9-21-22(13-18)31-25(30-21)20-12-17(8-10-23(20)34)19-6-5-11-28-27(19)36-4/h5-14,34H,1-4H3,(H,29,35)(H,30,31)(H,32,33). The van der Waals surface area contributed by atoms with Crippen LogP contribution in [-0.4, -0.2) is 43.3 Å². The largest absolute Gasteiger partial charge is 0.507 e. The number of amides is 1. The lowest BCUT2D eigenvalue weighted by atomic mass is 10.0. The second kappa shape index (κ2) is 9.18. The number of aromatic hydroxyl groups is 1. The monoisotopic (exact) mass is 482 g/mol. The number of H-pyrrole nitrogens is 2. The van der Waals surface area contributed by atoms with E-state index in [0.29, 0.717) is 28.3 Å². The summed E-state index contributed by atoms with van der Waals surface area (Å²) in [4.78, 5) is 25.1. The van der Waals surface area contributed by atoms with Gasteiger partial charge < -0.3 is 20.1 Å². The lowest BCUT2D eigenvalue weighted by Gasteiger charge is -2.14. The fourth-order valence-electron chi connectivity index (χ4n) is 4.49. The number of nitrogens with one attached hydrogen (secondary N) is 3. The first-order chi connectivity index (χ1) is 17.4. The van der Waals surface area contributed by atoms with Crippen LogP contribution in [0, 0.1) is 13.8 Å². The molecule has 5 rings (SSSR count). The smallest absolute Gasteiger partial charge is 0.251 e. The Labute approximate surface area is 207 Å². The second-order valence-corrected chi connectivity index (χ2v) is 8.65. The number of benzene rings is 2. The van der Waals surface area contributed by atoms with Crippen LogP contribution in [0.1, 0.15) is 40.3 Å². The quantitative estimate of drug-likeness (QED) is 0.274. The summed E-state index contributed by atoms with van der Waals surface area (Å²) in [5.41, 5.74) is 6.78. The van der Waals surface area contributed by atoms with E-state index in [0.717, 1.165) is 33.6 Å². The first-order valence-electron chi connectivity index (χ1n) is 11.5. The topological polar surface area (TPSA) is 129 Å². The van der Waals surface area contributed by atoms with Gasteiger partial charge in [0.05, 0.1) is 35.4 Å². The number of phenols is 1. The zero-order chi connectivity index (χ0) is 25.4. The molecule has 0 aliphatic carbocycles. The van der Waals surface area contributed by atoms with Crippen molar-refractivity contribution in [2.45, 2.75) is 26.8 Å². The molecule has 0 bridgehead atoms. The highest BCUT2D eigenvalue weighted by Crippen LogP contribution is 2.35. The highest BCUT2D eigenvalue weighted by molar-refractivity contribution is 5.98. The van der Waals surface area contributed by atoms with E-state index in [1.165, 1.54) is 0 Å². The normalized spacial score (nSPS) is 12.0. The van der Waals surface area contributed by atoms with Crippen molar-refractivity contribution in [3.05, 3.63) is 77.2 Å². The Morgan fingerprint density at radius 2 is 1.94 bits per heavy atom. The number of hydrogen-bond acceptors (Lipinski definition) is 6. The Morgan fingerprint density at radius 1 is 1.11 bits per heavy atom. The molecule has 3 heterocycles. The minimum atomic E-state index is -0.206. The summed E-state index contributed by atoms with van der Waals surface area (Å²) < 4.78 is 5.38. The molecule has 0 saturated carbocycles. The molecule has 36 heavy (non-hydrogen) atoms. The third-order valence-corrected chi connectivity index (χ3v) is 6.24. The molecule has 1 unspecified atom stereocenters. The number of hydrogen-bond donors (Lipinski definition) is 4. The van der Waals surface area contributed by atoms with E-state index in [-0.39, 0.29) is 17.7 Å². The molecule has 0 spiro atoms. The van der Waals surface area contributed by atoms with Crippen molar-refractivity contribution in [2.24, 2.45) is 0 Å². The summed E-state index contributed by atoms with van der Waals surface area (Å²) in [5.74, 6) is 0.855. The van der Waals surface area contributed by atoms with Crippen LogP contribution in [0.25, 0.3) is 33.5 Å². The van der Waals surface area contributed by atoms with Gasteiger partial charge in [-0.05, 0) is 68.8 Å². The molecule has 9 heteroatoms. The summed E-state index contributed by atoms with van der Waals surface area (Å²) in [7, 11) is 1.57. The number of pyridine rings is 1. The summed E-state index contributed by atoms with van der Waals surface area (Å²) in [5, 5.41) is 20.8. The molecule has 0 aliphatic rings. The average molecular weight is 483 g/mol. The Bertz CT molecular complexity index is 1570. The number of imidazole rings is 1. The number of ether oxygens (including phenoxy) is 1. The summed E-state index contributed by atoms with van der Waals surface area (Å²) in [6.45, 7) is 5.78. The molecule has 182 valence electrons. The zero-order valence-corrected chi connectivity index (χ0v) is 20.4. The maximum absolute atomic E-state index is 13.0. The van der Waals surface area contributed by atoms with Crippen LogP contribution in [0.2, 0.25) is 0 Å². The highest BCUT2D eigenvalue weighted by Gasteiger charge is 2.19. The van der Waals surface area contributed by atoms with E-state index in [9.17, 15) is 9.90 Å². The third-order valence-electron chi connectivity index (χ3n) is 6.24. The van der Waals surface area contributed by atoms with Gasteiger partial charge in [0.25, 0.3) is 5.91 Å². The molecule has 1 atom stereocenters. The fourth-order valence-corrected chi connectivity index (χ4v) is 4.49. The summed E-state index contributed by atoms with van der Waals surface area (Å²) >= 11 is 0. The van der Waals surface area contributed by atoms with Crippen LogP contribution >= 0.6 is 0 Å². The van der Waals surface area contributed by atoms with Crippen LogP contribution in [0.4, 0.5) is 0 Å². The number of fused-ring (bicyclic) bond motifs is 1. The number of aromatic amines is 2. The predicted molar refractivity (Wildman–Crippen MR) is 137 cm³/mol. The second-order valence-electron chi connectivity index (χ2n) is 8.65. The van der Waals surface area contributed by atoms with E-state index in [2.05, 4.69) is 30.5 Å². The van der Waals surface area contributed by atoms with Crippen molar-refractivity contribution in [3.63, 3.8) is 0 Å². The van der Waals surface area contributed by atoms with Gasteiger partial charge in [-0.2, -0.15) is 5.10 Å². The molecular formula is C27H26N6O3. The third kappa shape index (κ3) is 4.15. The number of carbonyl (C=O) groups is 1. The summed E-state index contributed by atoms with van der Waals surface area (Å²) in [6, 6.07) is 14.1. The molecule has 0 radical (unpaired) electrons. The Hall–Kier alpha value is -4.66. The van der Waals surface area contributed by atoms with E-state index < -0.39 is 0 Å². The first kappa shape index (κ1) is 23.1. The van der Waals surface area contributed by atoms with Crippen LogP contribution in [0.5, 0.6) is 11.6 Å². The number of phenolic OH excluding ortho intramolecular Hbond substituents is 1. The van der Waals surface area contributed by atoms with Gasteiger partial charge >= 0.3 is 0 Å². The van der Waals surface area contributed by atoms with Crippen LogP contribution in [0.15, 0.2) is 54.7 Å². The van der Waals surface area contributed by atoms with Crippen molar-refractivity contribution in [1.29, 1.82) is 0 Å². The van der Waals surface area contributed by atoms with Crippen molar-refractivity contribution in [2.75, 3.05) is 7.11 Å². The Balaban J connectivity index is 1.45. The number of aromatic nitrogens is 5. The van der Waals surface area contributed by atoms with E-state index in [1.54, 1.807) is 37.6 Å². The molecule has 9 nitrogen and oxygen atoms in total. The lowest BCUT2D eigenvalue weighted by molar-refractivity contribution is 0.0940. The highest BCUT2D eigenvalue weighted by atomic mass is 16.5. The lowest BCUT2D eigenvalue weighted by Crippen LogP contribution is -2.27.